The lowest BCUT2D eigenvalue weighted by molar-refractivity contribution is -0.443. The number of halogens is 19. The van der Waals surface area contributed by atoms with E-state index in [4.69, 9.17) is 0 Å². The largest absolute Gasteiger partial charge is 0.434 e. The molecule has 0 amide bonds. The van der Waals surface area contributed by atoms with Crippen LogP contribution in [0.2, 0.25) is 0 Å². The first kappa shape index (κ1) is 29.4. The lowest BCUT2D eigenvalue weighted by Crippen LogP contribution is -2.77. The van der Waals surface area contributed by atoms with Gasteiger partial charge in [-0.3, -0.25) is 4.39 Å². The predicted octanol–water partition coefficient (Wildman–Crippen LogP) is 7.21. The summed E-state index contributed by atoms with van der Waals surface area (Å²) in [4.78, 5) is 0. The minimum atomic E-state index is -8.72. The molecule has 0 spiro atoms. The molecule has 0 heterocycles. The first-order chi connectivity index (χ1) is 13.2. The molecule has 0 aromatic carbocycles. The summed E-state index contributed by atoms with van der Waals surface area (Å²) in [6.07, 6.45) is -26.1. The van der Waals surface area contributed by atoms with E-state index in [0.717, 1.165) is 0 Å². The van der Waals surface area contributed by atoms with Crippen molar-refractivity contribution in [1.82, 2.24) is 0 Å². The summed E-state index contributed by atoms with van der Waals surface area (Å²) < 4.78 is 246. The zero-order chi connectivity index (χ0) is 25.7. The van der Waals surface area contributed by atoms with E-state index in [1.807, 2.05) is 0 Å². The van der Waals surface area contributed by atoms with Crippen LogP contribution in [0, 0.1) is 0 Å². The van der Waals surface area contributed by atoms with E-state index in [-0.39, 0.29) is 0 Å². The van der Waals surface area contributed by atoms with Crippen LogP contribution < -0.4 is 0 Å². The van der Waals surface area contributed by atoms with Crippen molar-refractivity contribution in [3.05, 3.63) is 12.2 Å². The Bertz CT molecular complexity index is 664. The summed E-state index contributed by atoms with van der Waals surface area (Å²) in [7, 11) is 0. The average molecular weight is 510 g/mol. The van der Waals surface area contributed by atoms with Crippen LogP contribution in [0.15, 0.2) is 12.2 Å². The number of hydrogen-bond donors (Lipinski definition) is 0. The standard InChI is InChI=1S/C12H5F19/c13-2-1-6(17,18)7(19,12(29,30)31)9(22,23)10(24,25)8(20,21)5(16,3-4(14)15)11(26,27)28/h3H,1-2H2. The molecule has 0 aliphatic carbocycles. The Morgan fingerprint density at radius 2 is 0.935 bits per heavy atom. The first-order valence-electron chi connectivity index (χ1n) is 6.85. The third kappa shape index (κ3) is 4.00. The van der Waals surface area contributed by atoms with Crippen LogP contribution in [0.3, 0.4) is 0 Å². The average Bonchev–Trinajstić information content (AvgIpc) is 2.50. The molecule has 0 fully saturated rings. The van der Waals surface area contributed by atoms with Gasteiger partial charge in [0.1, 0.15) is 0 Å². The fourth-order valence-corrected chi connectivity index (χ4v) is 2.05. The van der Waals surface area contributed by atoms with Crippen molar-refractivity contribution in [2.45, 2.75) is 53.8 Å². The molecular weight excluding hydrogens is 505 g/mol. The van der Waals surface area contributed by atoms with Gasteiger partial charge in [-0.05, 0) is 0 Å². The van der Waals surface area contributed by atoms with Crippen molar-refractivity contribution >= 4 is 0 Å². The number of rotatable bonds is 8. The second-order valence-electron chi connectivity index (χ2n) is 5.67. The van der Waals surface area contributed by atoms with Crippen LogP contribution in [0.4, 0.5) is 83.4 Å². The van der Waals surface area contributed by atoms with E-state index in [1.54, 1.807) is 0 Å². The normalized spacial score (nSPS) is 18.9. The molecule has 0 N–H and O–H groups in total. The van der Waals surface area contributed by atoms with E-state index in [0.29, 0.717) is 0 Å². The summed E-state index contributed by atoms with van der Waals surface area (Å²) in [5, 5.41) is 0. The molecule has 0 aromatic heterocycles. The minimum absolute atomic E-state index is 2.76. The van der Waals surface area contributed by atoms with Crippen LogP contribution in [0.1, 0.15) is 6.42 Å². The molecule has 186 valence electrons. The maximum absolute atomic E-state index is 13.8. The minimum Gasteiger partial charge on any atom is -0.251 e. The highest BCUT2D eigenvalue weighted by molar-refractivity contribution is 5.24. The predicted molar refractivity (Wildman–Crippen MR) is 60.5 cm³/mol. The van der Waals surface area contributed by atoms with E-state index in [9.17, 15) is 83.4 Å². The second kappa shape index (κ2) is 7.77. The number of alkyl halides is 17. The van der Waals surface area contributed by atoms with E-state index >= 15 is 0 Å². The molecule has 0 aromatic rings. The molecule has 2 atom stereocenters. The van der Waals surface area contributed by atoms with E-state index in [1.165, 1.54) is 0 Å². The lowest BCUT2D eigenvalue weighted by Gasteiger charge is -2.46. The maximum atomic E-state index is 13.8. The lowest BCUT2D eigenvalue weighted by atomic mass is 9.78. The summed E-state index contributed by atoms with van der Waals surface area (Å²) in [6.45, 7) is -2.88. The third-order valence-corrected chi connectivity index (χ3v) is 3.70. The first-order valence-corrected chi connectivity index (χ1v) is 6.85. The van der Waals surface area contributed by atoms with E-state index < -0.39 is 72.6 Å². The maximum Gasteiger partial charge on any atom is 0.434 e. The highest BCUT2D eigenvalue weighted by Gasteiger charge is 2.95. The van der Waals surface area contributed by atoms with Gasteiger partial charge in [-0.25, -0.2) is 17.6 Å². The number of allylic oxidation sites excluding steroid dienone is 1. The van der Waals surface area contributed by atoms with Crippen LogP contribution in [0.25, 0.3) is 0 Å². The van der Waals surface area contributed by atoms with Gasteiger partial charge in [0.25, 0.3) is 17.7 Å². The Balaban J connectivity index is 7.30. The van der Waals surface area contributed by atoms with Crippen LogP contribution in [-0.2, 0) is 0 Å². The quantitative estimate of drug-likeness (QED) is 0.303. The van der Waals surface area contributed by atoms with E-state index in [2.05, 4.69) is 0 Å². The molecule has 0 saturated carbocycles. The Labute approximate surface area is 157 Å². The van der Waals surface area contributed by atoms with Crippen molar-refractivity contribution in [2.24, 2.45) is 0 Å². The monoisotopic (exact) mass is 510 g/mol. The highest BCUT2D eigenvalue weighted by atomic mass is 19.4. The Morgan fingerprint density at radius 3 is 1.19 bits per heavy atom. The molecule has 2 unspecified atom stereocenters. The molecule has 0 nitrogen and oxygen atoms in total. The van der Waals surface area contributed by atoms with Crippen molar-refractivity contribution in [2.75, 3.05) is 6.67 Å². The molecule has 0 rings (SSSR count). The van der Waals surface area contributed by atoms with Crippen molar-refractivity contribution in [1.29, 1.82) is 0 Å². The van der Waals surface area contributed by atoms with Gasteiger partial charge in [-0.2, -0.15) is 61.5 Å². The van der Waals surface area contributed by atoms with Gasteiger partial charge in [0.05, 0.1) is 6.67 Å². The molecule has 0 bridgehead atoms. The molecular formula is C12H5F19. The summed E-state index contributed by atoms with van der Waals surface area (Å²) >= 11 is 0. The van der Waals surface area contributed by atoms with Gasteiger partial charge in [0.15, 0.2) is 0 Å². The zero-order valence-corrected chi connectivity index (χ0v) is 13.7. The molecule has 19 heteroatoms. The molecule has 0 aliphatic rings. The van der Waals surface area contributed by atoms with Crippen LogP contribution in [-0.4, -0.2) is 54.1 Å². The molecule has 0 saturated heterocycles. The molecule has 0 radical (unpaired) electrons. The fraction of sp³-hybridized carbons (Fsp3) is 0.833. The van der Waals surface area contributed by atoms with Crippen molar-refractivity contribution in [3.8, 4) is 0 Å². The SMILES string of the molecule is FCCC(F)(F)C(F)(C(F)(F)F)C(F)(F)C(F)(F)C(F)(F)C(F)(C=C(F)F)C(F)(F)F. The van der Waals surface area contributed by atoms with Gasteiger partial charge in [0.2, 0.25) is 0 Å². The smallest absolute Gasteiger partial charge is 0.251 e. The molecule has 31 heavy (non-hydrogen) atoms. The number of hydrogen-bond acceptors (Lipinski definition) is 0. The summed E-state index contributed by atoms with van der Waals surface area (Å²) in [5.74, 6) is -32.9. The van der Waals surface area contributed by atoms with Gasteiger partial charge in [-0.1, -0.05) is 0 Å². The van der Waals surface area contributed by atoms with Crippen LogP contribution in [0.5, 0.6) is 0 Å². The summed E-state index contributed by atoms with van der Waals surface area (Å²) in [5.41, 5.74) is -15.8. The Hall–Kier alpha value is -1.59. The van der Waals surface area contributed by atoms with Crippen LogP contribution >= 0.6 is 0 Å². The Morgan fingerprint density at radius 1 is 0.548 bits per heavy atom. The molecule has 0 aliphatic heterocycles. The Kier molecular flexibility index (Phi) is 7.37. The van der Waals surface area contributed by atoms with Crippen molar-refractivity contribution < 1.29 is 83.4 Å². The van der Waals surface area contributed by atoms with Gasteiger partial charge in [0, 0.05) is 12.5 Å². The topological polar surface area (TPSA) is 0 Å². The van der Waals surface area contributed by atoms with Gasteiger partial charge < -0.3 is 0 Å². The zero-order valence-electron chi connectivity index (χ0n) is 13.7. The third-order valence-electron chi connectivity index (χ3n) is 3.70. The van der Waals surface area contributed by atoms with Gasteiger partial charge >= 0.3 is 35.8 Å². The highest BCUT2D eigenvalue weighted by Crippen LogP contribution is 2.65. The van der Waals surface area contributed by atoms with Crippen molar-refractivity contribution in [3.63, 3.8) is 0 Å². The van der Waals surface area contributed by atoms with Gasteiger partial charge in [-0.15, -0.1) is 0 Å². The summed E-state index contributed by atoms with van der Waals surface area (Å²) in [6, 6.07) is 0. The fourth-order valence-electron chi connectivity index (χ4n) is 2.05. The second-order valence-corrected chi connectivity index (χ2v) is 5.67.